The van der Waals surface area contributed by atoms with Crippen LogP contribution in [0.1, 0.15) is 19.3 Å². The van der Waals surface area contributed by atoms with Crippen LogP contribution in [-0.2, 0) is 4.79 Å². The van der Waals surface area contributed by atoms with Crippen molar-refractivity contribution in [2.75, 3.05) is 38.0 Å². The maximum Gasteiger partial charge on any atom is 0.292 e. The van der Waals surface area contributed by atoms with Gasteiger partial charge < -0.3 is 15.5 Å². The number of nitro benzene ring substituents is 1. The van der Waals surface area contributed by atoms with E-state index in [0.717, 1.165) is 39.0 Å². The maximum absolute atomic E-state index is 12.4. The van der Waals surface area contributed by atoms with Crippen molar-refractivity contribution in [1.82, 2.24) is 10.2 Å². The van der Waals surface area contributed by atoms with E-state index < -0.39 is 4.92 Å². The number of hydrogen-bond acceptors (Lipinski definition) is 5. The first-order chi connectivity index (χ1) is 11.6. The molecule has 1 amide bonds. The fourth-order valence-corrected chi connectivity index (χ4v) is 3.71. The average Bonchev–Trinajstić information content (AvgIpc) is 2.93. The quantitative estimate of drug-likeness (QED) is 0.635. The Kier molecular flexibility index (Phi) is 5.30. The van der Waals surface area contributed by atoms with E-state index in [1.165, 1.54) is 6.07 Å². The summed E-state index contributed by atoms with van der Waals surface area (Å²) in [5, 5.41) is 17.4. The number of likely N-dealkylation sites (tertiary alicyclic amines) is 1. The summed E-state index contributed by atoms with van der Waals surface area (Å²) in [4.78, 5) is 24.9. The van der Waals surface area contributed by atoms with Gasteiger partial charge in [0, 0.05) is 32.1 Å². The van der Waals surface area contributed by atoms with E-state index in [-0.39, 0.29) is 11.6 Å². The molecule has 2 atom stereocenters. The van der Waals surface area contributed by atoms with Gasteiger partial charge >= 0.3 is 0 Å². The minimum atomic E-state index is -0.411. The van der Waals surface area contributed by atoms with Crippen molar-refractivity contribution in [1.29, 1.82) is 0 Å². The Morgan fingerprint density at radius 2 is 1.92 bits per heavy atom. The largest absolute Gasteiger partial charge is 0.379 e. The molecule has 0 aliphatic carbocycles. The molecular weight excluding hydrogens is 308 g/mol. The van der Waals surface area contributed by atoms with Gasteiger partial charge in [0.1, 0.15) is 5.69 Å². The zero-order valence-corrected chi connectivity index (χ0v) is 13.7. The zero-order valence-electron chi connectivity index (χ0n) is 13.7. The Bertz CT molecular complexity index is 593. The summed E-state index contributed by atoms with van der Waals surface area (Å²) >= 11 is 0. The van der Waals surface area contributed by atoms with Gasteiger partial charge in [0.25, 0.3) is 5.69 Å². The number of carbonyl (C=O) groups is 1. The molecule has 0 saturated carbocycles. The minimum absolute atomic E-state index is 0.0417. The molecule has 1 aromatic rings. The number of nitrogens with zero attached hydrogens (tertiary/aromatic N) is 2. The Morgan fingerprint density at radius 1 is 1.25 bits per heavy atom. The Labute approximate surface area is 141 Å². The third-order valence-corrected chi connectivity index (χ3v) is 5.13. The van der Waals surface area contributed by atoms with Gasteiger partial charge in [-0.2, -0.15) is 0 Å². The second kappa shape index (κ2) is 7.61. The molecule has 2 saturated heterocycles. The van der Waals surface area contributed by atoms with Crippen LogP contribution in [0, 0.1) is 22.0 Å². The van der Waals surface area contributed by atoms with Crippen LogP contribution >= 0.6 is 0 Å². The van der Waals surface area contributed by atoms with Crippen molar-refractivity contribution in [3.05, 3.63) is 34.4 Å². The molecule has 2 heterocycles. The first-order valence-corrected chi connectivity index (χ1v) is 8.61. The number of benzene rings is 1. The smallest absolute Gasteiger partial charge is 0.292 e. The second-order valence-corrected chi connectivity index (χ2v) is 6.59. The van der Waals surface area contributed by atoms with Crippen LogP contribution in [0.25, 0.3) is 0 Å². The fourth-order valence-electron chi connectivity index (χ4n) is 3.71. The number of anilines is 1. The highest BCUT2D eigenvalue weighted by Gasteiger charge is 2.31. The van der Waals surface area contributed by atoms with Crippen molar-refractivity contribution < 1.29 is 9.72 Å². The number of carbonyl (C=O) groups excluding carboxylic acids is 1. The molecule has 1 aromatic carbocycles. The topological polar surface area (TPSA) is 87.5 Å². The number of nitro groups is 1. The van der Waals surface area contributed by atoms with Gasteiger partial charge in [0.05, 0.1) is 4.92 Å². The summed E-state index contributed by atoms with van der Waals surface area (Å²) in [5.74, 6) is 1.54. The zero-order chi connectivity index (χ0) is 16.9. The molecule has 2 aliphatic heterocycles. The van der Waals surface area contributed by atoms with Gasteiger partial charge in [-0.1, -0.05) is 12.1 Å². The van der Waals surface area contributed by atoms with E-state index >= 15 is 0 Å². The summed E-state index contributed by atoms with van der Waals surface area (Å²) in [6.07, 6.45) is 2.50. The molecule has 7 nitrogen and oxygen atoms in total. The van der Waals surface area contributed by atoms with E-state index in [0.29, 0.717) is 30.5 Å². The van der Waals surface area contributed by atoms with E-state index in [1.54, 1.807) is 18.2 Å². The highest BCUT2D eigenvalue weighted by Crippen LogP contribution is 2.27. The Morgan fingerprint density at radius 3 is 2.58 bits per heavy atom. The number of amides is 1. The number of fused-ring (bicyclic) bond motifs is 1. The molecule has 24 heavy (non-hydrogen) atoms. The lowest BCUT2D eigenvalue weighted by molar-refractivity contribution is -0.384. The van der Waals surface area contributed by atoms with Crippen molar-refractivity contribution in [2.45, 2.75) is 19.3 Å². The molecule has 3 rings (SSSR count). The SMILES string of the molecule is O=C(CCNc1ccccc1[N+](=O)[O-])N1CC[C@@H]2CNC[C@@H]2CC1. The van der Waals surface area contributed by atoms with Crippen molar-refractivity contribution in [2.24, 2.45) is 11.8 Å². The number of nitrogens with one attached hydrogen (secondary N) is 2. The summed E-state index contributed by atoms with van der Waals surface area (Å²) in [6, 6.07) is 6.52. The monoisotopic (exact) mass is 332 g/mol. The van der Waals surface area contributed by atoms with Gasteiger partial charge in [0.15, 0.2) is 0 Å². The maximum atomic E-state index is 12.4. The second-order valence-electron chi connectivity index (χ2n) is 6.59. The minimum Gasteiger partial charge on any atom is -0.379 e. The molecule has 0 aromatic heterocycles. The van der Waals surface area contributed by atoms with E-state index in [1.807, 2.05) is 4.90 Å². The fraction of sp³-hybridized carbons (Fsp3) is 0.588. The van der Waals surface area contributed by atoms with Gasteiger partial charge in [-0.25, -0.2) is 0 Å². The molecule has 2 fully saturated rings. The van der Waals surface area contributed by atoms with Crippen LogP contribution in [0.2, 0.25) is 0 Å². The number of hydrogen-bond donors (Lipinski definition) is 2. The summed E-state index contributed by atoms with van der Waals surface area (Å²) < 4.78 is 0. The first-order valence-electron chi connectivity index (χ1n) is 8.61. The van der Waals surface area contributed by atoms with Crippen molar-refractivity contribution in [3.8, 4) is 0 Å². The molecule has 130 valence electrons. The Balaban J connectivity index is 1.48. The van der Waals surface area contributed by atoms with Crippen LogP contribution in [0.15, 0.2) is 24.3 Å². The predicted octanol–water partition coefficient (Wildman–Crippen LogP) is 1.85. The first kappa shape index (κ1) is 16.7. The standard InChI is InChI=1S/C17H24N4O3/c22-17(20-9-6-13-11-18-12-14(13)7-10-20)5-8-19-15-3-1-2-4-16(15)21(23)24/h1-4,13-14,18-19H,5-12H2/t13-,14+. The summed E-state index contributed by atoms with van der Waals surface area (Å²) in [6.45, 7) is 4.22. The predicted molar refractivity (Wildman–Crippen MR) is 91.9 cm³/mol. The lowest BCUT2D eigenvalue weighted by Crippen LogP contribution is -2.33. The molecule has 2 N–H and O–H groups in total. The van der Waals surface area contributed by atoms with Crippen molar-refractivity contribution >= 4 is 17.3 Å². The van der Waals surface area contributed by atoms with Crippen LogP contribution in [0.5, 0.6) is 0 Å². The third kappa shape index (κ3) is 3.84. The number of para-hydroxylation sites is 2. The lowest BCUT2D eigenvalue weighted by Gasteiger charge is -2.21. The van der Waals surface area contributed by atoms with Gasteiger partial charge in [-0.15, -0.1) is 0 Å². The average molecular weight is 332 g/mol. The van der Waals surface area contributed by atoms with E-state index in [2.05, 4.69) is 10.6 Å². The summed E-state index contributed by atoms with van der Waals surface area (Å²) in [5.41, 5.74) is 0.506. The van der Waals surface area contributed by atoms with E-state index in [9.17, 15) is 14.9 Å². The molecule has 0 radical (unpaired) electrons. The van der Waals surface area contributed by atoms with Crippen molar-refractivity contribution in [3.63, 3.8) is 0 Å². The molecule has 7 heteroatoms. The van der Waals surface area contributed by atoms with Crippen LogP contribution in [-0.4, -0.2) is 48.5 Å². The third-order valence-electron chi connectivity index (χ3n) is 5.13. The summed E-state index contributed by atoms with van der Waals surface area (Å²) in [7, 11) is 0. The highest BCUT2D eigenvalue weighted by molar-refractivity contribution is 5.77. The van der Waals surface area contributed by atoms with Crippen LogP contribution in [0.3, 0.4) is 0 Å². The highest BCUT2D eigenvalue weighted by atomic mass is 16.6. The lowest BCUT2D eigenvalue weighted by atomic mass is 9.92. The van der Waals surface area contributed by atoms with Crippen LogP contribution < -0.4 is 10.6 Å². The Hall–Kier alpha value is -2.15. The number of rotatable bonds is 5. The molecule has 2 aliphatic rings. The van der Waals surface area contributed by atoms with E-state index in [4.69, 9.17) is 0 Å². The normalized spacial score (nSPS) is 23.4. The molecule has 0 bridgehead atoms. The van der Waals surface area contributed by atoms with Gasteiger partial charge in [0.2, 0.25) is 5.91 Å². The molecular formula is C17H24N4O3. The van der Waals surface area contributed by atoms with Gasteiger partial charge in [-0.3, -0.25) is 14.9 Å². The molecule has 0 spiro atoms. The van der Waals surface area contributed by atoms with Crippen LogP contribution in [0.4, 0.5) is 11.4 Å². The van der Waals surface area contributed by atoms with Gasteiger partial charge in [-0.05, 0) is 43.8 Å². The molecule has 0 unspecified atom stereocenters.